The molecule has 0 bridgehead atoms. The molecule has 134 valence electrons. The van der Waals surface area contributed by atoms with Crippen molar-refractivity contribution in [3.63, 3.8) is 0 Å². The van der Waals surface area contributed by atoms with Crippen molar-refractivity contribution in [3.8, 4) is 0 Å². The Morgan fingerprint density at radius 3 is 2.88 bits per heavy atom. The second kappa shape index (κ2) is 7.72. The molecule has 0 spiro atoms. The minimum atomic E-state index is 0.172. The normalized spacial score (nSPS) is 21.8. The van der Waals surface area contributed by atoms with Gasteiger partial charge in [0.1, 0.15) is 5.69 Å². The lowest BCUT2D eigenvalue weighted by atomic mass is 10.1. The number of amides is 1. The van der Waals surface area contributed by atoms with Gasteiger partial charge in [-0.05, 0) is 35.9 Å². The minimum Gasteiger partial charge on any atom is -0.379 e. The first kappa shape index (κ1) is 16.8. The molecule has 2 aliphatic heterocycles. The van der Waals surface area contributed by atoms with E-state index in [1.165, 1.54) is 4.88 Å². The molecule has 6 heteroatoms. The van der Waals surface area contributed by atoms with Gasteiger partial charge in [0, 0.05) is 43.8 Å². The molecule has 2 aliphatic rings. The zero-order chi connectivity index (χ0) is 17.1. The standard InChI is InChI=1S/C19H25N3O2S/c23-19(18-4-1-6-21(18)15-17-3-2-12-25-17)22-7-5-16(14-22)13-20-8-10-24-11-9-20/h1-4,6,12,16H,5,7-11,13-15H2. The quantitative estimate of drug-likeness (QED) is 0.823. The Balaban J connectivity index is 1.36. The first-order chi connectivity index (χ1) is 12.3. The Morgan fingerprint density at radius 2 is 2.08 bits per heavy atom. The molecule has 2 aromatic heterocycles. The number of ether oxygens (including phenoxy) is 1. The molecule has 4 rings (SSSR count). The van der Waals surface area contributed by atoms with Crippen LogP contribution in [-0.4, -0.2) is 66.2 Å². The second-order valence-corrected chi connectivity index (χ2v) is 7.95. The smallest absolute Gasteiger partial charge is 0.270 e. The first-order valence-corrected chi connectivity index (χ1v) is 9.94. The lowest BCUT2D eigenvalue weighted by molar-refractivity contribution is 0.0310. The molecule has 2 saturated heterocycles. The van der Waals surface area contributed by atoms with Crippen molar-refractivity contribution >= 4 is 17.2 Å². The monoisotopic (exact) mass is 359 g/mol. The third kappa shape index (κ3) is 3.97. The molecular weight excluding hydrogens is 334 g/mol. The van der Waals surface area contributed by atoms with Crippen LogP contribution < -0.4 is 0 Å². The lowest BCUT2D eigenvalue weighted by Gasteiger charge is -2.29. The van der Waals surface area contributed by atoms with Crippen molar-refractivity contribution in [1.29, 1.82) is 0 Å². The molecule has 0 aliphatic carbocycles. The van der Waals surface area contributed by atoms with Gasteiger partial charge in [-0.3, -0.25) is 9.69 Å². The van der Waals surface area contributed by atoms with Gasteiger partial charge in [0.05, 0.1) is 19.8 Å². The topological polar surface area (TPSA) is 37.7 Å². The number of hydrogen-bond acceptors (Lipinski definition) is 4. The number of likely N-dealkylation sites (tertiary alicyclic amines) is 1. The van der Waals surface area contributed by atoms with E-state index in [2.05, 4.69) is 27.0 Å². The van der Waals surface area contributed by atoms with E-state index in [9.17, 15) is 4.79 Å². The van der Waals surface area contributed by atoms with Crippen LogP contribution in [0.3, 0.4) is 0 Å². The number of rotatable bonds is 5. The molecule has 2 aromatic rings. The Morgan fingerprint density at radius 1 is 1.20 bits per heavy atom. The number of carbonyl (C=O) groups is 1. The summed E-state index contributed by atoms with van der Waals surface area (Å²) >= 11 is 1.73. The fourth-order valence-electron chi connectivity index (χ4n) is 3.79. The van der Waals surface area contributed by atoms with E-state index in [4.69, 9.17) is 4.74 Å². The van der Waals surface area contributed by atoms with Crippen molar-refractivity contribution in [1.82, 2.24) is 14.4 Å². The minimum absolute atomic E-state index is 0.172. The SMILES string of the molecule is O=C(c1cccn1Cc1cccs1)N1CCC(CN2CCOCC2)C1. The lowest BCUT2D eigenvalue weighted by Crippen LogP contribution is -2.40. The predicted molar refractivity (Wildman–Crippen MR) is 99.1 cm³/mol. The maximum atomic E-state index is 13.0. The zero-order valence-corrected chi connectivity index (χ0v) is 15.3. The van der Waals surface area contributed by atoms with Crippen LogP contribution in [0.4, 0.5) is 0 Å². The highest BCUT2D eigenvalue weighted by atomic mass is 32.1. The summed E-state index contributed by atoms with van der Waals surface area (Å²) in [5.74, 6) is 0.758. The highest BCUT2D eigenvalue weighted by molar-refractivity contribution is 7.09. The van der Waals surface area contributed by atoms with E-state index < -0.39 is 0 Å². The van der Waals surface area contributed by atoms with Crippen LogP contribution in [0, 0.1) is 5.92 Å². The van der Waals surface area contributed by atoms with E-state index in [-0.39, 0.29) is 5.91 Å². The average Bonchev–Trinajstić information content (AvgIpc) is 3.38. The molecule has 0 saturated carbocycles. The van der Waals surface area contributed by atoms with Crippen molar-refractivity contribution in [2.45, 2.75) is 13.0 Å². The summed E-state index contributed by atoms with van der Waals surface area (Å²) in [5.41, 5.74) is 0.806. The number of thiophene rings is 1. The fraction of sp³-hybridized carbons (Fsp3) is 0.526. The van der Waals surface area contributed by atoms with Gasteiger partial charge in [-0.15, -0.1) is 11.3 Å². The average molecular weight is 359 g/mol. The highest BCUT2D eigenvalue weighted by Gasteiger charge is 2.29. The molecule has 2 fully saturated rings. The summed E-state index contributed by atoms with van der Waals surface area (Å²) < 4.78 is 7.49. The maximum Gasteiger partial charge on any atom is 0.270 e. The fourth-order valence-corrected chi connectivity index (χ4v) is 4.50. The van der Waals surface area contributed by atoms with Gasteiger partial charge in [0.25, 0.3) is 5.91 Å². The van der Waals surface area contributed by atoms with Gasteiger partial charge in [-0.25, -0.2) is 0 Å². The van der Waals surface area contributed by atoms with E-state index in [1.807, 2.05) is 23.2 Å². The summed E-state index contributed by atoms with van der Waals surface area (Å²) in [6, 6.07) is 8.10. The van der Waals surface area contributed by atoms with Gasteiger partial charge in [-0.2, -0.15) is 0 Å². The molecule has 4 heterocycles. The van der Waals surface area contributed by atoms with Gasteiger partial charge < -0.3 is 14.2 Å². The number of carbonyl (C=O) groups excluding carboxylic acids is 1. The molecule has 1 unspecified atom stereocenters. The molecule has 0 radical (unpaired) electrons. The van der Waals surface area contributed by atoms with Crippen molar-refractivity contribution in [2.24, 2.45) is 5.92 Å². The summed E-state index contributed by atoms with van der Waals surface area (Å²) in [6.07, 6.45) is 3.11. The summed E-state index contributed by atoms with van der Waals surface area (Å²) in [5, 5.41) is 2.08. The van der Waals surface area contributed by atoms with E-state index >= 15 is 0 Å². The zero-order valence-electron chi connectivity index (χ0n) is 14.5. The van der Waals surface area contributed by atoms with Crippen LogP contribution in [-0.2, 0) is 11.3 Å². The molecule has 0 aromatic carbocycles. The molecular formula is C19H25N3O2S. The van der Waals surface area contributed by atoms with Crippen molar-refractivity contribution in [2.75, 3.05) is 45.9 Å². The van der Waals surface area contributed by atoms with Crippen molar-refractivity contribution < 1.29 is 9.53 Å². The van der Waals surface area contributed by atoms with Crippen LogP contribution in [0.25, 0.3) is 0 Å². The summed E-state index contributed by atoms with van der Waals surface area (Å²) in [6.45, 7) is 7.33. The first-order valence-electron chi connectivity index (χ1n) is 9.06. The number of hydrogen-bond donors (Lipinski definition) is 0. The van der Waals surface area contributed by atoms with E-state index in [1.54, 1.807) is 11.3 Å². The number of aromatic nitrogens is 1. The third-order valence-corrected chi connectivity index (χ3v) is 6.01. The molecule has 1 atom stereocenters. The maximum absolute atomic E-state index is 13.0. The molecule has 0 N–H and O–H groups in total. The third-order valence-electron chi connectivity index (χ3n) is 5.15. The number of morpholine rings is 1. The highest BCUT2D eigenvalue weighted by Crippen LogP contribution is 2.21. The molecule has 1 amide bonds. The Bertz CT molecular complexity index is 691. The van der Waals surface area contributed by atoms with Gasteiger partial charge >= 0.3 is 0 Å². The summed E-state index contributed by atoms with van der Waals surface area (Å²) in [7, 11) is 0. The van der Waals surface area contributed by atoms with Crippen LogP contribution >= 0.6 is 11.3 Å². The van der Waals surface area contributed by atoms with Gasteiger partial charge in [0.2, 0.25) is 0 Å². The largest absolute Gasteiger partial charge is 0.379 e. The predicted octanol–water partition coefficient (Wildman–Crippen LogP) is 2.39. The Hall–Kier alpha value is -1.63. The number of nitrogens with zero attached hydrogens (tertiary/aromatic N) is 3. The van der Waals surface area contributed by atoms with Gasteiger partial charge in [-0.1, -0.05) is 6.07 Å². The second-order valence-electron chi connectivity index (χ2n) is 6.92. The van der Waals surface area contributed by atoms with Crippen molar-refractivity contribution in [3.05, 3.63) is 46.4 Å². The summed E-state index contributed by atoms with van der Waals surface area (Å²) in [4.78, 5) is 18.8. The molecule has 5 nitrogen and oxygen atoms in total. The van der Waals surface area contributed by atoms with Crippen LogP contribution in [0.2, 0.25) is 0 Å². The van der Waals surface area contributed by atoms with Crippen LogP contribution in [0.5, 0.6) is 0 Å². The van der Waals surface area contributed by atoms with E-state index in [0.717, 1.165) is 64.6 Å². The molecule has 25 heavy (non-hydrogen) atoms. The van der Waals surface area contributed by atoms with Crippen LogP contribution in [0.1, 0.15) is 21.8 Å². The van der Waals surface area contributed by atoms with Gasteiger partial charge in [0.15, 0.2) is 0 Å². The van der Waals surface area contributed by atoms with E-state index in [0.29, 0.717) is 5.92 Å². The van der Waals surface area contributed by atoms with Crippen LogP contribution in [0.15, 0.2) is 35.8 Å². The Kier molecular flexibility index (Phi) is 5.20. The Labute approximate surface area is 152 Å².